The van der Waals surface area contributed by atoms with Crippen LogP contribution in [-0.2, 0) is 9.53 Å². The number of methoxy groups -OCH3 is 1. The lowest BCUT2D eigenvalue weighted by Crippen LogP contribution is -2.39. The van der Waals surface area contributed by atoms with Crippen molar-refractivity contribution >= 4 is 6.29 Å². The van der Waals surface area contributed by atoms with E-state index in [9.17, 15) is 9.90 Å². The second-order valence-corrected chi connectivity index (χ2v) is 4.20. The van der Waals surface area contributed by atoms with Gasteiger partial charge in [-0.05, 0) is 25.7 Å². The third-order valence-electron chi connectivity index (χ3n) is 3.14. The molecule has 3 nitrogen and oxygen atoms in total. The Morgan fingerprint density at radius 1 is 1.53 bits per heavy atom. The molecule has 0 saturated heterocycles. The molecule has 1 aliphatic carbocycles. The molecule has 1 fully saturated rings. The van der Waals surface area contributed by atoms with Crippen molar-refractivity contribution in [1.82, 2.24) is 0 Å². The monoisotopic (exact) mass is 216 g/mol. The summed E-state index contributed by atoms with van der Waals surface area (Å²) >= 11 is 0. The van der Waals surface area contributed by atoms with Crippen molar-refractivity contribution in [2.24, 2.45) is 5.92 Å². The summed E-state index contributed by atoms with van der Waals surface area (Å²) in [6.07, 6.45) is 5.27. The van der Waals surface area contributed by atoms with Gasteiger partial charge in [0, 0.05) is 20.1 Å². The molecule has 90 valence electrons. The van der Waals surface area contributed by atoms with E-state index in [1.807, 2.05) is 13.8 Å². The van der Waals surface area contributed by atoms with Gasteiger partial charge in [0.15, 0.2) is 0 Å². The molecule has 2 unspecified atom stereocenters. The van der Waals surface area contributed by atoms with Crippen LogP contribution in [0.1, 0.15) is 46.0 Å². The number of rotatable bonds is 3. The maximum atomic E-state index is 10.3. The van der Waals surface area contributed by atoms with Gasteiger partial charge in [0.05, 0.1) is 5.60 Å². The number of carbonyl (C=O) groups is 1. The fraction of sp³-hybridized carbons (Fsp3) is 0.917. The first-order chi connectivity index (χ1) is 7.10. The predicted molar refractivity (Wildman–Crippen MR) is 60.8 cm³/mol. The zero-order valence-electron chi connectivity index (χ0n) is 10.2. The molecule has 3 heteroatoms. The Bertz CT molecular complexity index is 168. The van der Waals surface area contributed by atoms with E-state index in [4.69, 9.17) is 0 Å². The summed E-state index contributed by atoms with van der Waals surface area (Å²) in [6, 6.07) is 0. The zero-order chi connectivity index (χ0) is 11.7. The summed E-state index contributed by atoms with van der Waals surface area (Å²) in [7, 11) is 1.68. The van der Waals surface area contributed by atoms with Crippen LogP contribution >= 0.6 is 0 Å². The Kier molecular flexibility index (Phi) is 7.61. The molecule has 2 atom stereocenters. The average Bonchev–Trinajstić information content (AvgIpc) is 2.24. The molecule has 0 aromatic rings. The van der Waals surface area contributed by atoms with Crippen LogP contribution in [0.5, 0.6) is 0 Å². The van der Waals surface area contributed by atoms with Gasteiger partial charge in [-0.3, -0.25) is 0 Å². The second kappa shape index (κ2) is 7.83. The number of hydrogen-bond acceptors (Lipinski definition) is 3. The summed E-state index contributed by atoms with van der Waals surface area (Å²) in [5.74, 6) is 0.293. The van der Waals surface area contributed by atoms with Crippen LogP contribution < -0.4 is 0 Å². The molecule has 1 saturated carbocycles. The highest BCUT2D eigenvalue weighted by molar-refractivity contribution is 5.51. The minimum absolute atomic E-state index is 0.293. The zero-order valence-corrected chi connectivity index (χ0v) is 10.2. The lowest BCUT2D eigenvalue weighted by atomic mass is 9.75. The topological polar surface area (TPSA) is 46.5 Å². The Balaban J connectivity index is 0.000000423. The van der Waals surface area contributed by atoms with Gasteiger partial charge in [-0.15, -0.1) is 0 Å². The van der Waals surface area contributed by atoms with Crippen LogP contribution in [0, 0.1) is 5.92 Å². The highest BCUT2D eigenvalue weighted by Crippen LogP contribution is 2.35. The fourth-order valence-corrected chi connectivity index (χ4v) is 1.84. The van der Waals surface area contributed by atoms with E-state index in [1.165, 1.54) is 6.42 Å². The Morgan fingerprint density at radius 3 is 2.53 bits per heavy atom. The molecule has 1 rings (SSSR count). The van der Waals surface area contributed by atoms with Crippen LogP contribution in [0.4, 0.5) is 0 Å². The summed E-state index contributed by atoms with van der Waals surface area (Å²) < 4.78 is 4.54. The van der Waals surface area contributed by atoms with Crippen molar-refractivity contribution in [3.8, 4) is 0 Å². The molecular weight excluding hydrogens is 192 g/mol. The molecule has 0 heterocycles. The van der Waals surface area contributed by atoms with Crippen molar-refractivity contribution in [2.45, 2.75) is 51.6 Å². The normalized spacial score (nSPS) is 30.3. The quantitative estimate of drug-likeness (QED) is 0.735. The highest BCUT2D eigenvalue weighted by atomic mass is 16.5. The summed E-state index contributed by atoms with van der Waals surface area (Å²) in [4.78, 5) is 10.3. The van der Waals surface area contributed by atoms with E-state index < -0.39 is 5.60 Å². The number of aldehydes is 1. The minimum Gasteiger partial charge on any atom is -0.389 e. The first kappa shape index (κ1) is 14.6. The maximum Gasteiger partial charge on any atom is 0.122 e. The SMILES string of the molecule is CC1CCCCC1(O)CC=O.CCOC. The molecule has 0 bridgehead atoms. The van der Waals surface area contributed by atoms with E-state index >= 15 is 0 Å². The predicted octanol–water partition coefficient (Wildman–Crippen LogP) is 2.17. The largest absolute Gasteiger partial charge is 0.389 e. The van der Waals surface area contributed by atoms with Gasteiger partial charge in [-0.2, -0.15) is 0 Å². The van der Waals surface area contributed by atoms with E-state index in [0.717, 1.165) is 32.2 Å². The summed E-state index contributed by atoms with van der Waals surface area (Å²) in [5.41, 5.74) is -0.681. The molecule has 0 aliphatic heterocycles. The van der Waals surface area contributed by atoms with Crippen molar-refractivity contribution in [2.75, 3.05) is 13.7 Å². The Hall–Kier alpha value is -0.410. The van der Waals surface area contributed by atoms with E-state index in [1.54, 1.807) is 7.11 Å². The minimum atomic E-state index is -0.681. The molecule has 0 amide bonds. The Morgan fingerprint density at radius 2 is 2.13 bits per heavy atom. The second-order valence-electron chi connectivity index (χ2n) is 4.20. The highest BCUT2D eigenvalue weighted by Gasteiger charge is 2.35. The standard InChI is InChI=1S/C9H16O2.C3H8O/c1-8-4-2-3-5-9(8,11)6-7-10;1-3-4-2/h7-8,11H,2-6H2,1H3;3H2,1-2H3. The van der Waals surface area contributed by atoms with Gasteiger partial charge >= 0.3 is 0 Å². The molecule has 0 aromatic heterocycles. The molecule has 0 spiro atoms. The van der Waals surface area contributed by atoms with Crippen LogP contribution in [-0.4, -0.2) is 30.7 Å². The van der Waals surface area contributed by atoms with E-state index in [0.29, 0.717) is 12.3 Å². The lowest BCUT2D eigenvalue weighted by Gasteiger charge is -2.36. The molecular formula is C12H24O3. The van der Waals surface area contributed by atoms with E-state index in [2.05, 4.69) is 4.74 Å². The van der Waals surface area contributed by atoms with Crippen LogP contribution in [0.15, 0.2) is 0 Å². The Labute approximate surface area is 92.8 Å². The van der Waals surface area contributed by atoms with Gasteiger partial charge in [0.1, 0.15) is 6.29 Å². The number of aliphatic hydroxyl groups is 1. The third-order valence-corrected chi connectivity index (χ3v) is 3.14. The van der Waals surface area contributed by atoms with Gasteiger partial charge < -0.3 is 14.6 Å². The van der Waals surface area contributed by atoms with E-state index in [-0.39, 0.29) is 0 Å². The van der Waals surface area contributed by atoms with Gasteiger partial charge in [0.2, 0.25) is 0 Å². The maximum absolute atomic E-state index is 10.3. The van der Waals surface area contributed by atoms with Crippen LogP contribution in [0.2, 0.25) is 0 Å². The smallest absolute Gasteiger partial charge is 0.122 e. The van der Waals surface area contributed by atoms with Gasteiger partial charge in [-0.1, -0.05) is 19.8 Å². The van der Waals surface area contributed by atoms with Crippen LogP contribution in [0.25, 0.3) is 0 Å². The average molecular weight is 216 g/mol. The summed E-state index contributed by atoms with van der Waals surface area (Å²) in [6.45, 7) is 4.81. The molecule has 1 N–H and O–H groups in total. The number of carbonyl (C=O) groups excluding carboxylic acids is 1. The van der Waals surface area contributed by atoms with Crippen molar-refractivity contribution in [3.05, 3.63) is 0 Å². The first-order valence-electron chi connectivity index (χ1n) is 5.75. The lowest BCUT2D eigenvalue weighted by molar-refractivity contribution is -0.116. The third kappa shape index (κ3) is 5.28. The molecule has 15 heavy (non-hydrogen) atoms. The molecule has 0 radical (unpaired) electrons. The van der Waals surface area contributed by atoms with Crippen LogP contribution in [0.3, 0.4) is 0 Å². The molecule has 1 aliphatic rings. The fourth-order valence-electron chi connectivity index (χ4n) is 1.84. The van der Waals surface area contributed by atoms with Gasteiger partial charge in [0.25, 0.3) is 0 Å². The number of hydrogen-bond donors (Lipinski definition) is 1. The van der Waals surface area contributed by atoms with Crippen molar-refractivity contribution < 1.29 is 14.6 Å². The first-order valence-corrected chi connectivity index (χ1v) is 5.75. The number of ether oxygens (including phenoxy) is 1. The molecule has 0 aromatic carbocycles. The summed E-state index contributed by atoms with van der Waals surface area (Å²) in [5, 5.41) is 9.91. The van der Waals surface area contributed by atoms with Gasteiger partial charge in [-0.25, -0.2) is 0 Å². The van der Waals surface area contributed by atoms with Crippen molar-refractivity contribution in [3.63, 3.8) is 0 Å². The van der Waals surface area contributed by atoms with Crippen molar-refractivity contribution in [1.29, 1.82) is 0 Å².